The van der Waals surface area contributed by atoms with E-state index in [9.17, 15) is 4.79 Å². The summed E-state index contributed by atoms with van der Waals surface area (Å²) in [7, 11) is 0. The second kappa shape index (κ2) is 8.97. The van der Waals surface area contributed by atoms with Gasteiger partial charge < -0.3 is 14.4 Å². The van der Waals surface area contributed by atoms with Crippen LogP contribution in [-0.4, -0.2) is 58.3 Å². The Morgan fingerprint density at radius 3 is 2.56 bits per heavy atom. The van der Waals surface area contributed by atoms with Crippen LogP contribution in [0.4, 0.5) is 0 Å². The number of hydrogen-bond acceptors (Lipinski definition) is 7. The lowest BCUT2D eigenvalue weighted by molar-refractivity contribution is -0.114. The van der Waals surface area contributed by atoms with Crippen molar-refractivity contribution in [1.82, 2.24) is 9.91 Å². The summed E-state index contributed by atoms with van der Waals surface area (Å²) in [6.07, 6.45) is 1.67. The Morgan fingerprint density at radius 2 is 1.81 bits per heavy atom. The molecule has 3 heterocycles. The van der Waals surface area contributed by atoms with Gasteiger partial charge in [-0.15, -0.1) is 5.10 Å². The molecule has 1 fully saturated rings. The molecule has 2 aromatic rings. The third-order valence-electron chi connectivity index (χ3n) is 5.16. The lowest BCUT2D eigenvalue weighted by Crippen LogP contribution is -2.39. The topological polar surface area (TPSA) is 90.6 Å². The first-order chi connectivity index (χ1) is 15.7. The molecule has 0 unspecified atom stereocenters. The molecule has 1 saturated heterocycles. The van der Waals surface area contributed by atoms with Crippen molar-refractivity contribution in [2.75, 3.05) is 26.3 Å². The van der Waals surface area contributed by atoms with Crippen molar-refractivity contribution in [1.29, 1.82) is 5.41 Å². The van der Waals surface area contributed by atoms with Crippen LogP contribution >= 0.6 is 11.8 Å². The molecule has 0 saturated carbocycles. The van der Waals surface area contributed by atoms with Crippen molar-refractivity contribution >= 4 is 39.9 Å². The van der Waals surface area contributed by atoms with Crippen LogP contribution in [0, 0.1) is 5.41 Å². The number of nitrogens with zero attached hydrogens (tertiary/aromatic N) is 4. The Hall–Kier alpha value is -3.43. The maximum atomic E-state index is 12.6. The summed E-state index contributed by atoms with van der Waals surface area (Å²) in [6.45, 7) is 3.22. The van der Waals surface area contributed by atoms with Gasteiger partial charge in [-0.05, 0) is 41.1 Å². The first kappa shape index (κ1) is 20.5. The van der Waals surface area contributed by atoms with Gasteiger partial charge >= 0.3 is 0 Å². The molecule has 9 heteroatoms. The number of morpholine rings is 1. The summed E-state index contributed by atoms with van der Waals surface area (Å²) in [5.74, 6) is 0.328. The average molecular weight is 448 g/mol. The van der Waals surface area contributed by atoms with Crippen LogP contribution in [0.3, 0.4) is 0 Å². The van der Waals surface area contributed by atoms with E-state index in [0.717, 1.165) is 35.1 Å². The Labute approximate surface area is 189 Å². The highest BCUT2D eigenvalue weighted by molar-refractivity contribution is 8.26. The molecule has 0 aromatic heterocycles. The minimum atomic E-state index is -0.434. The number of hydrazone groups is 1. The van der Waals surface area contributed by atoms with Crippen LogP contribution in [0.15, 0.2) is 70.3 Å². The van der Waals surface area contributed by atoms with Gasteiger partial charge in [-0.3, -0.25) is 10.2 Å². The van der Waals surface area contributed by atoms with E-state index in [2.05, 4.69) is 15.0 Å². The molecular formula is C23H21N5O3S. The molecule has 0 radical (unpaired) electrons. The first-order valence-corrected chi connectivity index (χ1v) is 11.1. The van der Waals surface area contributed by atoms with E-state index in [-0.39, 0.29) is 11.4 Å². The van der Waals surface area contributed by atoms with Gasteiger partial charge in [0.15, 0.2) is 11.0 Å². The molecule has 0 aliphatic carbocycles. The molecule has 1 amide bonds. The number of aliphatic imine (C=N–C) groups is 1. The number of rotatable bonds is 4. The number of nitrogens with one attached hydrogen (secondary N) is 1. The van der Waals surface area contributed by atoms with Crippen molar-refractivity contribution in [3.05, 3.63) is 71.3 Å². The molecule has 0 atom stereocenters. The van der Waals surface area contributed by atoms with Crippen molar-refractivity contribution in [2.24, 2.45) is 10.1 Å². The van der Waals surface area contributed by atoms with Gasteiger partial charge in [0.1, 0.15) is 12.4 Å². The van der Waals surface area contributed by atoms with E-state index in [1.54, 1.807) is 6.08 Å². The molecule has 3 aliphatic heterocycles. The van der Waals surface area contributed by atoms with Crippen LogP contribution in [0.25, 0.3) is 6.08 Å². The normalized spacial score (nSPS) is 19.7. The first-order valence-electron chi connectivity index (χ1n) is 10.3. The Kier molecular flexibility index (Phi) is 5.74. The fourth-order valence-corrected chi connectivity index (χ4v) is 4.38. The van der Waals surface area contributed by atoms with Crippen molar-refractivity contribution < 1.29 is 14.3 Å². The van der Waals surface area contributed by atoms with Gasteiger partial charge in [0, 0.05) is 13.1 Å². The van der Waals surface area contributed by atoms with Crippen LogP contribution in [0.5, 0.6) is 5.75 Å². The van der Waals surface area contributed by atoms with Crippen molar-refractivity contribution in [3.63, 3.8) is 0 Å². The van der Waals surface area contributed by atoms with Crippen molar-refractivity contribution in [2.45, 2.75) is 6.61 Å². The number of carbonyl (C=O) groups excluding carboxylic acids is 1. The Balaban J connectivity index is 1.29. The highest BCUT2D eigenvalue weighted by Gasteiger charge is 2.37. The molecule has 0 spiro atoms. The van der Waals surface area contributed by atoms with E-state index in [1.807, 2.05) is 54.6 Å². The zero-order chi connectivity index (χ0) is 21.9. The van der Waals surface area contributed by atoms with E-state index in [1.165, 1.54) is 16.8 Å². The molecular weight excluding hydrogens is 426 g/mol. The minimum absolute atomic E-state index is 0.0279. The largest absolute Gasteiger partial charge is 0.489 e. The minimum Gasteiger partial charge on any atom is -0.489 e. The molecule has 162 valence electrons. The monoisotopic (exact) mass is 447 g/mol. The third-order valence-corrected chi connectivity index (χ3v) is 6.13. The quantitative estimate of drug-likeness (QED) is 0.724. The molecule has 2 aromatic carbocycles. The Bertz CT molecular complexity index is 1120. The second-order valence-corrected chi connectivity index (χ2v) is 8.28. The number of benzene rings is 2. The number of fused-ring (bicyclic) bond motifs is 1. The summed E-state index contributed by atoms with van der Waals surface area (Å²) < 4.78 is 11.2. The van der Waals surface area contributed by atoms with Gasteiger partial charge in [-0.2, -0.15) is 10.0 Å². The fourth-order valence-electron chi connectivity index (χ4n) is 3.43. The lowest BCUT2D eigenvalue weighted by Gasteiger charge is -2.26. The van der Waals surface area contributed by atoms with Crippen LogP contribution in [0.2, 0.25) is 0 Å². The zero-order valence-corrected chi connectivity index (χ0v) is 18.0. The number of amidine groups is 3. The zero-order valence-electron chi connectivity index (χ0n) is 17.2. The molecule has 5 rings (SSSR count). The van der Waals surface area contributed by atoms with Gasteiger partial charge in [0.25, 0.3) is 5.91 Å². The van der Waals surface area contributed by atoms with E-state index in [4.69, 9.17) is 14.9 Å². The summed E-state index contributed by atoms with van der Waals surface area (Å²) >= 11 is 1.31. The summed E-state index contributed by atoms with van der Waals surface area (Å²) in [5, 5.41) is 15.6. The molecule has 0 bridgehead atoms. The number of carbonyl (C=O) groups is 1. The lowest BCUT2D eigenvalue weighted by atomic mass is 10.1. The molecule has 32 heavy (non-hydrogen) atoms. The summed E-state index contributed by atoms with van der Waals surface area (Å²) in [6, 6.07) is 17.4. The van der Waals surface area contributed by atoms with Crippen LogP contribution < -0.4 is 4.74 Å². The van der Waals surface area contributed by atoms with Crippen molar-refractivity contribution in [3.8, 4) is 5.75 Å². The molecule has 1 N–H and O–H groups in total. The third kappa shape index (κ3) is 4.30. The standard InChI is InChI=1S/C23H21N5O3S/c24-20-19(14-16-6-8-18(9-7-16)31-15-17-4-2-1-3-5-17)21(29)25-22-28(20)26-23(32-22)27-10-12-30-13-11-27/h1-9,14,24H,10-13,15H2/b19-14+,24-20?. The number of amides is 1. The highest BCUT2D eigenvalue weighted by atomic mass is 32.2. The maximum Gasteiger partial charge on any atom is 0.283 e. The van der Waals surface area contributed by atoms with Crippen LogP contribution in [-0.2, 0) is 16.1 Å². The SMILES string of the molecule is N=C1/C(=C\c2ccc(OCc3ccccc3)cc2)C(=O)N=C2SC(N3CCOCC3)=NN12. The number of ether oxygens (including phenoxy) is 2. The molecule has 3 aliphatic rings. The Morgan fingerprint density at radius 1 is 1.06 bits per heavy atom. The average Bonchev–Trinajstić information content (AvgIpc) is 3.27. The van der Waals surface area contributed by atoms with Gasteiger partial charge in [-0.25, -0.2) is 0 Å². The van der Waals surface area contributed by atoms with E-state index < -0.39 is 5.91 Å². The fraction of sp³-hybridized carbons (Fsp3) is 0.217. The van der Waals surface area contributed by atoms with E-state index >= 15 is 0 Å². The van der Waals surface area contributed by atoms with E-state index in [0.29, 0.717) is 25.0 Å². The predicted octanol–water partition coefficient (Wildman–Crippen LogP) is 3.17. The van der Waals surface area contributed by atoms with Gasteiger partial charge in [0.05, 0.1) is 18.8 Å². The van der Waals surface area contributed by atoms with Gasteiger partial charge in [0.2, 0.25) is 5.17 Å². The highest BCUT2D eigenvalue weighted by Crippen LogP contribution is 2.30. The summed E-state index contributed by atoms with van der Waals surface area (Å²) in [4.78, 5) is 18.9. The number of hydrogen-bond donors (Lipinski definition) is 1. The second-order valence-electron chi connectivity index (χ2n) is 7.35. The number of thioether (sulfide) groups is 1. The maximum absolute atomic E-state index is 12.6. The predicted molar refractivity (Wildman–Crippen MR) is 125 cm³/mol. The van der Waals surface area contributed by atoms with Gasteiger partial charge in [-0.1, -0.05) is 42.5 Å². The summed E-state index contributed by atoms with van der Waals surface area (Å²) in [5.41, 5.74) is 2.08. The smallest absolute Gasteiger partial charge is 0.283 e. The molecule has 8 nitrogen and oxygen atoms in total. The van der Waals surface area contributed by atoms with Crippen LogP contribution in [0.1, 0.15) is 11.1 Å².